The molecule has 0 aliphatic heterocycles. The van der Waals surface area contributed by atoms with Crippen molar-refractivity contribution in [2.75, 3.05) is 11.8 Å². The van der Waals surface area contributed by atoms with Crippen molar-refractivity contribution in [2.45, 2.75) is 30.6 Å². The Bertz CT molecular complexity index is 834. The minimum absolute atomic E-state index is 0.261. The third-order valence-corrected chi connectivity index (χ3v) is 5.74. The first-order valence-corrected chi connectivity index (χ1v) is 9.34. The fourth-order valence-electron chi connectivity index (χ4n) is 2.79. The third-order valence-electron chi connectivity index (χ3n) is 4.05. The first-order chi connectivity index (χ1) is 11.0. The zero-order valence-electron chi connectivity index (χ0n) is 12.8. The highest BCUT2D eigenvalue weighted by Crippen LogP contribution is 2.30. The summed E-state index contributed by atoms with van der Waals surface area (Å²) in [7, 11) is -2.17. The number of benzene rings is 2. The number of hydrogen-bond acceptors (Lipinski definition) is 3. The highest BCUT2D eigenvalue weighted by Gasteiger charge is 2.19. The number of fused-ring (bicyclic) bond motifs is 1. The zero-order chi connectivity index (χ0) is 16.4. The maximum atomic E-state index is 12.6. The number of rotatable bonds is 4. The van der Waals surface area contributed by atoms with E-state index in [9.17, 15) is 8.42 Å². The molecule has 0 spiro atoms. The molecule has 0 saturated heterocycles. The largest absolute Gasteiger partial charge is 0.497 e. The van der Waals surface area contributed by atoms with Crippen LogP contribution in [0, 0.1) is 0 Å². The number of halogens is 1. The molecule has 23 heavy (non-hydrogen) atoms. The van der Waals surface area contributed by atoms with Crippen molar-refractivity contribution in [1.82, 2.24) is 0 Å². The van der Waals surface area contributed by atoms with E-state index in [-0.39, 0.29) is 4.90 Å². The number of nitrogens with one attached hydrogen (secondary N) is 1. The summed E-state index contributed by atoms with van der Waals surface area (Å²) >= 11 is 6.08. The molecule has 0 radical (unpaired) electrons. The molecule has 4 nitrogen and oxygen atoms in total. The summed E-state index contributed by atoms with van der Waals surface area (Å²) in [5.74, 6) is 0.539. The van der Waals surface area contributed by atoms with Crippen LogP contribution in [0.25, 0.3) is 0 Å². The Morgan fingerprint density at radius 1 is 1.04 bits per heavy atom. The molecule has 0 amide bonds. The molecule has 122 valence electrons. The van der Waals surface area contributed by atoms with Gasteiger partial charge in [-0.1, -0.05) is 17.7 Å². The van der Waals surface area contributed by atoms with Gasteiger partial charge in [0.05, 0.1) is 22.7 Å². The fourth-order valence-corrected chi connectivity index (χ4v) is 4.13. The van der Waals surface area contributed by atoms with Crippen molar-refractivity contribution in [3.63, 3.8) is 0 Å². The van der Waals surface area contributed by atoms with E-state index in [0.717, 1.165) is 31.2 Å². The number of anilines is 1. The Hall–Kier alpha value is -1.72. The number of aryl methyl sites for hydroxylation is 2. The van der Waals surface area contributed by atoms with Crippen molar-refractivity contribution in [2.24, 2.45) is 0 Å². The average Bonchev–Trinajstić information content (AvgIpc) is 2.56. The molecule has 1 aliphatic carbocycles. The minimum Gasteiger partial charge on any atom is -0.497 e. The topological polar surface area (TPSA) is 55.4 Å². The van der Waals surface area contributed by atoms with Crippen LogP contribution < -0.4 is 9.46 Å². The molecule has 0 saturated carbocycles. The van der Waals surface area contributed by atoms with Crippen molar-refractivity contribution in [3.05, 3.63) is 52.5 Å². The lowest BCUT2D eigenvalue weighted by atomic mass is 9.92. The molecule has 3 rings (SSSR count). The second-order valence-corrected chi connectivity index (χ2v) is 7.68. The second-order valence-electron chi connectivity index (χ2n) is 5.59. The van der Waals surface area contributed by atoms with Gasteiger partial charge in [0, 0.05) is 6.07 Å². The van der Waals surface area contributed by atoms with Gasteiger partial charge in [-0.2, -0.15) is 0 Å². The quantitative estimate of drug-likeness (QED) is 0.904. The lowest BCUT2D eigenvalue weighted by Crippen LogP contribution is -2.14. The summed E-state index contributed by atoms with van der Waals surface area (Å²) < 4.78 is 32.9. The molecule has 1 N–H and O–H groups in total. The SMILES string of the molecule is COc1ccc(Cl)c(NS(=O)(=O)c2ccc3c(c2)CCCC3)c1. The van der Waals surface area contributed by atoms with Gasteiger partial charge in [-0.05, 0) is 61.1 Å². The van der Waals surface area contributed by atoms with Gasteiger partial charge in [0.1, 0.15) is 5.75 Å². The Kier molecular flexibility index (Phi) is 4.50. The maximum absolute atomic E-state index is 12.6. The van der Waals surface area contributed by atoms with E-state index in [1.165, 1.54) is 12.7 Å². The number of hydrogen-bond donors (Lipinski definition) is 1. The molecule has 0 unspecified atom stereocenters. The summed E-state index contributed by atoms with van der Waals surface area (Å²) in [6, 6.07) is 10.2. The van der Waals surface area contributed by atoms with E-state index in [0.29, 0.717) is 16.5 Å². The molecule has 0 aromatic heterocycles. The van der Waals surface area contributed by atoms with E-state index in [1.54, 1.807) is 30.3 Å². The van der Waals surface area contributed by atoms with Crippen LogP contribution in [0.4, 0.5) is 5.69 Å². The van der Waals surface area contributed by atoms with Gasteiger partial charge in [-0.25, -0.2) is 8.42 Å². The van der Waals surface area contributed by atoms with Gasteiger partial charge >= 0.3 is 0 Å². The smallest absolute Gasteiger partial charge is 0.261 e. The highest BCUT2D eigenvalue weighted by atomic mass is 35.5. The Labute approximate surface area is 141 Å². The maximum Gasteiger partial charge on any atom is 0.261 e. The van der Waals surface area contributed by atoms with Crippen molar-refractivity contribution < 1.29 is 13.2 Å². The molecular formula is C17H18ClNO3S. The number of ether oxygens (including phenoxy) is 1. The van der Waals surface area contributed by atoms with Crippen molar-refractivity contribution in [1.29, 1.82) is 0 Å². The zero-order valence-corrected chi connectivity index (χ0v) is 14.4. The molecule has 6 heteroatoms. The summed E-state index contributed by atoms with van der Waals surface area (Å²) in [6.45, 7) is 0. The average molecular weight is 352 g/mol. The summed E-state index contributed by atoms with van der Waals surface area (Å²) in [4.78, 5) is 0.261. The summed E-state index contributed by atoms with van der Waals surface area (Å²) in [5.41, 5.74) is 2.68. The third kappa shape index (κ3) is 3.46. The Balaban J connectivity index is 1.93. The Morgan fingerprint density at radius 2 is 1.78 bits per heavy atom. The molecule has 2 aromatic rings. The lowest BCUT2D eigenvalue weighted by Gasteiger charge is -2.17. The van der Waals surface area contributed by atoms with Crippen molar-refractivity contribution >= 4 is 27.3 Å². The first kappa shape index (κ1) is 16.1. The normalized spacial score (nSPS) is 14.2. The fraction of sp³-hybridized carbons (Fsp3) is 0.294. The van der Waals surface area contributed by atoms with E-state index >= 15 is 0 Å². The molecule has 0 fully saturated rings. The van der Waals surface area contributed by atoms with Crippen LogP contribution in [0.1, 0.15) is 24.0 Å². The van der Waals surface area contributed by atoms with E-state index in [2.05, 4.69) is 4.72 Å². The molecule has 0 heterocycles. The van der Waals surface area contributed by atoms with Crippen LogP contribution in [-0.2, 0) is 22.9 Å². The summed E-state index contributed by atoms with van der Waals surface area (Å²) in [6.07, 6.45) is 4.21. The van der Waals surface area contributed by atoms with Crippen molar-refractivity contribution in [3.8, 4) is 5.75 Å². The molecule has 1 aliphatic rings. The Morgan fingerprint density at radius 3 is 2.52 bits per heavy atom. The molecule has 2 aromatic carbocycles. The standard InChI is InChI=1S/C17H18ClNO3S/c1-22-14-7-9-16(18)17(11-14)19-23(20,21)15-8-6-12-4-2-3-5-13(12)10-15/h6-11,19H,2-5H2,1H3. The summed E-state index contributed by atoms with van der Waals surface area (Å²) in [5, 5.41) is 0.326. The molecular weight excluding hydrogens is 334 g/mol. The van der Waals surface area contributed by atoms with E-state index in [1.807, 2.05) is 6.07 Å². The molecule has 0 bridgehead atoms. The predicted octanol–water partition coefficient (Wildman–Crippen LogP) is 4.03. The minimum atomic E-state index is -3.68. The van der Waals surface area contributed by atoms with Crippen LogP contribution in [-0.4, -0.2) is 15.5 Å². The number of methoxy groups -OCH3 is 1. The predicted molar refractivity (Wildman–Crippen MR) is 91.9 cm³/mol. The van der Waals surface area contributed by atoms with E-state index in [4.69, 9.17) is 16.3 Å². The highest BCUT2D eigenvalue weighted by molar-refractivity contribution is 7.92. The van der Waals surface area contributed by atoms with Gasteiger partial charge in [0.2, 0.25) is 0 Å². The van der Waals surface area contributed by atoms with Crippen LogP contribution in [0.3, 0.4) is 0 Å². The van der Waals surface area contributed by atoms with E-state index < -0.39 is 10.0 Å². The van der Waals surface area contributed by atoms with Crippen LogP contribution in [0.2, 0.25) is 5.02 Å². The van der Waals surface area contributed by atoms with Crippen LogP contribution in [0.15, 0.2) is 41.3 Å². The first-order valence-electron chi connectivity index (χ1n) is 7.48. The number of sulfonamides is 1. The molecule has 0 atom stereocenters. The van der Waals surface area contributed by atoms with Gasteiger partial charge in [-0.3, -0.25) is 4.72 Å². The van der Waals surface area contributed by atoms with Gasteiger partial charge < -0.3 is 4.74 Å². The van der Waals surface area contributed by atoms with Gasteiger partial charge in [0.15, 0.2) is 0 Å². The monoisotopic (exact) mass is 351 g/mol. The van der Waals surface area contributed by atoms with Crippen LogP contribution in [0.5, 0.6) is 5.75 Å². The second kappa shape index (κ2) is 6.42. The van der Waals surface area contributed by atoms with Gasteiger partial charge in [0.25, 0.3) is 10.0 Å². The van der Waals surface area contributed by atoms with Crippen LogP contribution >= 0.6 is 11.6 Å². The van der Waals surface area contributed by atoms with Gasteiger partial charge in [-0.15, -0.1) is 0 Å². The lowest BCUT2D eigenvalue weighted by molar-refractivity contribution is 0.415.